The summed E-state index contributed by atoms with van der Waals surface area (Å²) in [5.41, 5.74) is 2.95. The Morgan fingerprint density at radius 2 is 1.84 bits per heavy atom. The molecular formula is C24H21FN2O3S. The van der Waals surface area contributed by atoms with Gasteiger partial charge < -0.3 is 14.6 Å². The fourth-order valence-electron chi connectivity index (χ4n) is 3.57. The largest absolute Gasteiger partial charge is 0.467 e. The van der Waals surface area contributed by atoms with Gasteiger partial charge in [0, 0.05) is 13.0 Å². The molecule has 1 atom stereocenters. The maximum atomic E-state index is 13.7. The molecule has 4 rings (SSSR count). The first kappa shape index (κ1) is 20.8. The highest BCUT2D eigenvalue weighted by Gasteiger charge is 2.25. The van der Waals surface area contributed by atoms with Gasteiger partial charge in [-0.1, -0.05) is 42.5 Å². The van der Waals surface area contributed by atoms with Gasteiger partial charge >= 0.3 is 5.97 Å². The molecule has 0 spiro atoms. The lowest BCUT2D eigenvalue weighted by Gasteiger charge is -2.18. The Balaban J connectivity index is 1.63. The van der Waals surface area contributed by atoms with Crippen molar-refractivity contribution in [2.75, 3.05) is 7.11 Å². The Kier molecular flexibility index (Phi) is 6.13. The van der Waals surface area contributed by atoms with Gasteiger partial charge in [0.05, 0.1) is 17.3 Å². The quantitative estimate of drug-likeness (QED) is 0.437. The summed E-state index contributed by atoms with van der Waals surface area (Å²) in [6, 6.07) is 18.6. The number of nitrogens with zero attached hydrogens (tertiary/aromatic N) is 1. The predicted octanol–water partition coefficient (Wildman–Crippen LogP) is 4.40. The summed E-state index contributed by atoms with van der Waals surface area (Å²) in [4.78, 5) is 25.5. The summed E-state index contributed by atoms with van der Waals surface area (Å²) in [5, 5.41) is 4.76. The molecule has 0 radical (unpaired) electrons. The standard InChI is InChI=1S/C24H21FN2O3S/c1-30-24(29)19(13-16-6-3-2-4-7-16)26-23(28)21-14-22-20(10-11-31-22)27(21)15-17-8-5-9-18(25)12-17/h2-12,14,19H,13,15H2,1H3,(H,26,28). The minimum atomic E-state index is -0.824. The Morgan fingerprint density at radius 1 is 1.06 bits per heavy atom. The van der Waals surface area contributed by atoms with E-state index < -0.39 is 12.0 Å². The molecule has 0 fully saturated rings. The highest BCUT2D eigenvalue weighted by Crippen LogP contribution is 2.26. The van der Waals surface area contributed by atoms with Crippen LogP contribution in [0.2, 0.25) is 0 Å². The number of aromatic nitrogens is 1. The second-order valence-corrected chi connectivity index (χ2v) is 8.10. The summed E-state index contributed by atoms with van der Waals surface area (Å²) in [7, 11) is 1.30. The van der Waals surface area contributed by atoms with E-state index in [-0.39, 0.29) is 11.7 Å². The van der Waals surface area contributed by atoms with Gasteiger partial charge in [-0.05, 0) is 40.8 Å². The maximum absolute atomic E-state index is 13.7. The van der Waals surface area contributed by atoms with Gasteiger partial charge in [0.1, 0.15) is 17.6 Å². The fourth-order valence-corrected chi connectivity index (χ4v) is 4.39. The zero-order valence-corrected chi connectivity index (χ0v) is 17.7. The highest BCUT2D eigenvalue weighted by atomic mass is 32.1. The molecule has 0 aliphatic heterocycles. The molecule has 2 aromatic carbocycles. The van der Waals surface area contributed by atoms with Crippen molar-refractivity contribution >= 4 is 33.4 Å². The van der Waals surface area contributed by atoms with Gasteiger partial charge in [-0.2, -0.15) is 0 Å². The number of halogens is 1. The van der Waals surface area contributed by atoms with Crippen molar-refractivity contribution < 1.29 is 18.7 Å². The van der Waals surface area contributed by atoms with E-state index >= 15 is 0 Å². The fraction of sp³-hybridized carbons (Fsp3) is 0.167. The maximum Gasteiger partial charge on any atom is 0.328 e. The number of thiophene rings is 1. The number of amides is 1. The van der Waals surface area contributed by atoms with Crippen molar-refractivity contribution in [1.29, 1.82) is 0 Å². The van der Waals surface area contributed by atoms with Crippen LogP contribution in [0.1, 0.15) is 21.6 Å². The summed E-state index contributed by atoms with van der Waals surface area (Å²) >= 11 is 1.52. The summed E-state index contributed by atoms with van der Waals surface area (Å²) < 4.78 is 21.4. The van der Waals surface area contributed by atoms with Crippen molar-refractivity contribution in [3.05, 3.63) is 94.7 Å². The second kappa shape index (κ2) is 9.14. The zero-order valence-electron chi connectivity index (χ0n) is 16.9. The Bertz CT molecular complexity index is 1220. The summed E-state index contributed by atoms with van der Waals surface area (Å²) in [5.74, 6) is -1.22. The lowest BCUT2D eigenvalue weighted by molar-refractivity contribution is -0.142. The molecule has 158 valence electrons. The molecule has 0 bridgehead atoms. The SMILES string of the molecule is COC(=O)C(Cc1ccccc1)NC(=O)c1cc2sccc2n1Cc1cccc(F)c1. The van der Waals surface area contributed by atoms with E-state index in [0.717, 1.165) is 21.3 Å². The lowest BCUT2D eigenvalue weighted by Crippen LogP contribution is -2.43. The number of nitrogens with one attached hydrogen (secondary N) is 1. The Hall–Kier alpha value is -3.45. The van der Waals surface area contributed by atoms with Gasteiger partial charge in [-0.15, -0.1) is 11.3 Å². The van der Waals surface area contributed by atoms with Crippen LogP contribution in [-0.2, 0) is 22.5 Å². The molecule has 0 saturated carbocycles. The van der Waals surface area contributed by atoms with Crippen molar-refractivity contribution in [2.45, 2.75) is 19.0 Å². The molecule has 5 nitrogen and oxygen atoms in total. The number of rotatable bonds is 7. The van der Waals surface area contributed by atoms with E-state index in [0.29, 0.717) is 18.7 Å². The summed E-state index contributed by atoms with van der Waals surface area (Å²) in [6.07, 6.45) is 0.318. The van der Waals surface area contributed by atoms with Gasteiger partial charge in [0.15, 0.2) is 0 Å². The number of hydrogen-bond donors (Lipinski definition) is 1. The number of carbonyl (C=O) groups is 2. The van der Waals surface area contributed by atoms with Gasteiger partial charge in [0.2, 0.25) is 0 Å². The monoisotopic (exact) mass is 436 g/mol. The minimum Gasteiger partial charge on any atom is -0.467 e. The van der Waals surface area contributed by atoms with Crippen molar-refractivity contribution in [3.8, 4) is 0 Å². The molecule has 1 amide bonds. The number of ether oxygens (including phenoxy) is 1. The first-order valence-electron chi connectivity index (χ1n) is 9.79. The van der Waals surface area contributed by atoms with E-state index in [1.54, 1.807) is 12.1 Å². The average molecular weight is 437 g/mol. The van der Waals surface area contributed by atoms with Crippen molar-refractivity contribution in [1.82, 2.24) is 9.88 Å². The Labute approximate surface area is 183 Å². The van der Waals surface area contributed by atoms with Crippen LogP contribution in [0.25, 0.3) is 10.2 Å². The van der Waals surface area contributed by atoms with E-state index in [1.807, 2.05) is 52.4 Å². The van der Waals surface area contributed by atoms with E-state index in [2.05, 4.69) is 5.32 Å². The van der Waals surface area contributed by atoms with Crippen LogP contribution in [0.15, 0.2) is 72.1 Å². The molecule has 1 N–H and O–H groups in total. The number of benzene rings is 2. The average Bonchev–Trinajstić information content (AvgIpc) is 3.36. The lowest BCUT2D eigenvalue weighted by atomic mass is 10.1. The van der Waals surface area contributed by atoms with Gasteiger partial charge in [0.25, 0.3) is 5.91 Å². The molecule has 31 heavy (non-hydrogen) atoms. The first-order valence-corrected chi connectivity index (χ1v) is 10.7. The number of hydrogen-bond acceptors (Lipinski definition) is 4. The minimum absolute atomic E-state index is 0.318. The van der Waals surface area contributed by atoms with Gasteiger partial charge in [-0.3, -0.25) is 4.79 Å². The van der Waals surface area contributed by atoms with E-state index in [1.165, 1.54) is 30.6 Å². The smallest absolute Gasteiger partial charge is 0.328 e. The first-order chi connectivity index (χ1) is 15.0. The molecule has 7 heteroatoms. The van der Waals surface area contributed by atoms with Crippen molar-refractivity contribution in [2.24, 2.45) is 0 Å². The zero-order chi connectivity index (χ0) is 21.8. The van der Waals surface area contributed by atoms with Crippen LogP contribution < -0.4 is 5.32 Å². The third-order valence-electron chi connectivity index (χ3n) is 5.06. The van der Waals surface area contributed by atoms with Crippen LogP contribution in [-0.4, -0.2) is 29.6 Å². The number of methoxy groups -OCH3 is 1. The normalized spacial score (nSPS) is 11.9. The van der Waals surface area contributed by atoms with Crippen molar-refractivity contribution in [3.63, 3.8) is 0 Å². The molecule has 2 heterocycles. The molecule has 2 aromatic heterocycles. The predicted molar refractivity (Wildman–Crippen MR) is 119 cm³/mol. The molecule has 1 unspecified atom stereocenters. The Morgan fingerprint density at radius 3 is 2.58 bits per heavy atom. The number of carbonyl (C=O) groups excluding carboxylic acids is 2. The molecule has 4 aromatic rings. The topological polar surface area (TPSA) is 60.3 Å². The number of fused-ring (bicyclic) bond motifs is 1. The van der Waals surface area contributed by atoms with Crippen LogP contribution in [0, 0.1) is 5.82 Å². The molecule has 0 saturated heterocycles. The highest BCUT2D eigenvalue weighted by molar-refractivity contribution is 7.17. The number of esters is 1. The van der Waals surface area contributed by atoms with Gasteiger partial charge in [-0.25, -0.2) is 9.18 Å². The molecule has 0 aliphatic carbocycles. The van der Waals surface area contributed by atoms with Crippen LogP contribution >= 0.6 is 11.3 Å². The van der Waals surface area contributed by atoms with Crippen LogP contribution in [0.5, 0.6) is 0 Å². The van der Waals surface area contributed by atoms with Crippen LogP contribution in [0.3, 0.4) is 0 Å². The van der Waals surface area contributed by atoms with E-state index in [9.17, 15) is 14.0 Å². The van der Waals surface area contributed by atoms with Crippen LogP contribution in [0.4, 0.5) is 4.39 Å². The second-order valence-electron chi connectivity index (χ2n) is 7.15. The summed E-state index contributed by atoms with van der Waals surface area (Å²) in [6.45, 7) is 0.336. The third-order valence-corrected chi connectivity index (χ3v) is 5.91. The molecule has 0 aliphatic rings. The van der Waals surface area contributed by atoms with E-state index in [4.69, 9.17) is 4.74 Å². The third kappa shape index (κ3) is 4.67. The molecular weight excluding hydrogens is 415 g/mol.